The number of anilines is 2. The Hall–Kier alpha value is -2.86. The molecule has 148 valence electrons. The fourth-order valence-electron chi connectivity index (χ4n) is 3.60. The second-order valence-corrected chi connectivity index (χ2v) is 7.34. The van der Waals surface area contributed by atoms with Gasteiger partial charge in [0.1, 0.15) is 0 Å². The number of benzene rings is 2. The third-order valence-electron chi connectivity index (χ3n) is 5.00. The fraction of sp³-hybridized carbons (Fsp3) is 0.364. The number of nitrogens with one attached hydrogen (secondary N) is 1. The summed E-state index contributed by atoms with van der Waals surface area (Å²) in [6, 6.07) is 15.0. The van der Waals surface area contributed by atoms with Crippen LogP contribution >= 0.6 is 0 Å². The number of hydrogen-bond donors (Lipinski definition) is 2. The molecule has 2 amide bonds. The van der Waals surface area contributed by atoms with E-state index in [1.165, 1.54) is 30.5 Å². The average Bonchev–Trinajstić information content (AvgIpc) is 2.69. The molecule has 6 nitrogen and oxygen atoms in total. The van der Waals surface area contributed by atoms with Gasteiger partial charge in [0, 0.05) is 36.6 Å². The van der Waals surface area contributed by atoms with E-state index >= 15 is 0 Å². The molecule has 1 heterocycles. The smallest absolute Gasteiger partial charge is 0.248 e. The van der Waals surface area contributed by atoms with Crippen LogP contribution in [0.4, 0.5) is 11.4 Å². The van der Waals surface area contributed by atoms with E-state index in [2.05, 4.69) is 34.5 Å². The first-order chi connectivity index (χ1) is 13.5. The van der Waals surface area contributed by atoms with E-state index in [0.29, 0.717) is 17.8 Å². The molecule has 3 N–H and O–H groups in total. The average molecular weight is 380 g/mol. The van der Waals surface area contributed by atoms with Gasteiger partial charge < -0.3 is 16.0 Å². The first-order valence-electron chi connectivity index (χ1n) is 9.74. The molecule has 0 bridgehead atoms. The van der Waals surface area contributed by atoms with Crippen molar-refractivity contribution in [3.8, 4) is 0 Å². The maximum atomic E-state index is 12.4. The predicted molar refractivity (Wildman–Crippen MR) is 112 cm³/mol. The fourth-order valence-corrected chi connectivity index (χ4v) is 3.60. The van der Waals surface area contributed by atoms with Gasteiger partial charge in [-0.2, -0.15) is 0 Å². The highest BCUT2D eigenvalue weighted by molar-refractivity contribution is 5.95. The Bertz CT molecular complexity index is 814. The molecule has 1 saturated heterocycles. The van der Waals surface area contributed by atoms with Crippen LogP contribution in [0.15, 0.2) is 48.5 Å². The van der Waals surface area contributed by atoms with Crippen molar-refractivity contribution >= 4 is 23.2 Å². The second-order valence-electron chi connectivity index (χ2n) is 7.34. The maximum absolute atomic E-state index is 12.4. The Morgan fingerprint density at radius 1 is 1.04 bits per heavy atom. The predicted octanol–water partition coefficient (Wildman–Crippen LogP) is 2.85. The quantitative estimate of drug-likeness (QED) is 0.774. The van der Waals surface area contributed by atoms with Crippen molar-refractivity contribution in [1.29, 1.82) is 0 Å². The second kappa shape index (κ2) is 9.37. The van der Waals surface area contributed by atoms with Crippen LogP contribution in [0.5, 0.6) is 0 Å². The van der Waals surface area contributed by atoms with Gasteiger partial charge in [0.2, 0.25) is 11.8 Å². The van der Waals surface area contributed by atoms with Gasteiger partial charge in [-0.25, -0.2) is 0 Å². The molecule has 0 aliphatic carbocycles. The number of likely N-dealkylation sites (N-methyl/N-ethyl adjacent to an activating group) is 1. The van der Waals surface area contributed by atoms with Gasteiger partial charge in [-0.05, 0) is 62.2 Å². The lowest BCUT2D eigenvalue weighted by Crippen LogP contribution is -2.33. The molecule has 0 saturated carbocycles. The Labute approximate surface area is 166 Å². The topological polar surface area (TPSA) is 78.7 Å². The van der Waals surface area contributed by atoms with Gasteiger partial charge in [-0.3, -0.25) is 14.5 Å². The number of hydrogen-bond acceptors (Lipinski definition) is 4. The number of amides is 2. The largest absolute Gasteiger partial charge is 0.371 e. The monoisotopic (exact) mass is 380 g/mol. The molecule has 1 aliphatic heterocycles. The molecule has 3 rings (SSSR count). The number of primary amides is 1. The molecule has 0 aromatic heterocycles. The van der Waals surface area contributed by atoms with Crippen LogP contribution in [0.25, 0.3) is 0 Å². The van der Waals surface area contributed by atoms with Gasteiger partial charge in [0.05, 0.1) is 6.54 Å². The van der Waals surface area contributed by atoms with Crippen LogP contribution in [0.2, 0.25) is 0 Å². The number of para-hydroxylation sites is 1. The van der Waals surface area contributed by atoms with Crippen LogP contribution < -0.4 is 16.0 Å². The first kappa shape index (κ1) is 19.9. The molecule has 1 fully saturated rings. The van der Waals surface area contributed by atoms with Crippen LogP contribution in [0.1, 0.15) is 35.2 Å². The van der Waals surface area contributed by atoms with E-state index in [9.17, 15) is 9.59 Å². The summed E-state index contributed by atoms with van der Waals surface area (Å²) in [5.74, 6) is -0.574. The normalized spacial score (nSPS) is 14.1. The van der Waals surface area contributed by atoms with Gasteiger partial charge in [0.25, 0.3) is 0 Å². The van der Waals surface area contributed by atoms with Gasteiger partial charge >= 0.3 is 0 Å². The van der Waals surface area contributed by atoms with E-state index in [4.69, 9.17) is 5.73 Å². The molecule has 0 spiro atoms. The van der Waals surface area contributed by atoms with Gasteiger partial charge in [0.15, 0.2) is 0 Å². The summed E-state index contributed by atoms with van der Waals surface area (Å²) in [7, 11) is 1.95. The highest BCUT2D eigenvalue weighted by Gasteiger charge is 2.16. The summed E-state index contributed by atoms with van der Waals surface area (Å²) >= 11 is 0. The molecule has 0 unspecified atom stereocenters. The van der Waals surface area contributed by atoms with Gasteiger partial charge in [-0.15, -0.1) is 0 Å². The van der Waals surface area contributed by atoms with E-state index in [1.54, 1.807) is 24.3 Å². The van der Waals surface area contributed by atoms with Crippen LogP contribution in [-0.2, 0) is 11.3 Å². The minimum atomic E-state index is -0.481. The Kier molecular flexibility index (Phi) is 6.66. The molecule has 1 aliphatic rings. The van der Waals surface area contributed by atoms with Crippen molar-refractivity contribution in [2.24, 2.45) is 5.73 Å². The summed E-state index contributed by atoms with van der Waals surface area (Å²) in [6.07, 6.45) is 3.78. The Balaban J connectivity index is 1.57. The van der Waals surface area contributed by atoms with Crippen molar-refractivity contribution in [3.63, 3.8) is 0 Å². The zero-order chi connectivity index (χ0) is 19.9. The van der Waals surface area contributed by atoms with Crippen molar-refractivity contribution in [1.82, 2.24) is 4.90 Å². The van der Waals surface area contributed by atoms with Crippen LogP contribution in [0.3, 0.4) is 0 Å². The van der Waals surface area contributed by atoms with E-state index in [-0.39, 0.29) is 12.5 Å². The summed E-state index contributed by atoms with van der Waals surface area (Å²) < 4.78 is 0. The molecule has 28 heavy (non-hydrogen) atoms. The summed E-state index contributed by atoms with van der Waals surface area (Å²) in [5, 5.41) is 2.86. The van der Waals surface area contributed by atoms with Crippen molar-refractivity contribution in [3.05, 3.63) is 59.7 Å². The summed E-state index contributed by atoms with van der Waals surface area (Å²) in [6.45, 7) is 3.19. The number of carbonyl (C=O) groups is 2. The van der Waals surface area contributed by atoms with E-state index in [1.807, 2.05) is 11.9 Å². The molecule has 0 atom stereocenters. The van der Waals surface area contributed by atoms with Crippen LogP contribution in [0, 0.1) is 0 Å². The molecule has 2 aromatic rings. The molecule has 2 aromatic carbocycles. The molecular formula is C22H28N4O2. The number of nitrogens with zero attached hydrogens (tertiary/aromatic N) is 2. The lowest BCUT2D eigenvalue weighted by atomic mass is 10.1. The number of nitrogens with two attached hydrogens (primary N) is 1. The minimum Gasteiger partial charge on any atom is -0.371 e. The zero-order valence-corrected chi connectivity index (χ0v) is 16.4. The molecular weight excluding hydrogens is 352 g/mol. The maximum Gasteiger partial charge on any atom is 0.248 e. The SMILES string of the molecule is CN(CC(=O)Nc1ccc(C(N)=O)cc1)Cc1ccccc1N1CCCCC1. The third-order valence-corrected chi connectivity index (χ3v) is 5.00. The van der Waals surface area contributed by atoms with E-state index < -0.39 is 5.91 Å². The van der Waals surface area contributed by atoms with Crippen molar-refractivity contribution in [2.75, 3.05) is 36.9 Å². The molecule has 6 heteroatoms. The zero-order valence-electron chi connectivity index (χ0n) is 16.4. The van der Waals surface area contributed by atoms with Crippen molar-refractivity contribution < 1.29 is 9.59 Å². The standard InChI is InChI=1S/C22H28N4O2/c1-25(16-21(27)24-19-11-9-17(10-12-19)22(23)28)15-18-7-3-4-8-20(18)26-13-5-2-6-14-26/h3-4,7-12H,2,5-6,13-16H2,1H3,(H2,23,28)(H,24,27). The van der Waals surface area contributed by atoms with Crippen LogP contribution in [-0.4, -0.2) is 43.4 Å². The minimum absolute atomic E-state index is 0.0928. The number of rotatable bonds is 7. The lowest BCUT2D eigenvalue weighted by molar-refractivity contribution is -0.117. The highest BCUT2D eigenvalue weighted by Crippen LogP contribution is 2.25. The third kappa shape index (κ3) is 5.33. The summed E-state index contributed by atoms with van der Waals surface area (Å²) in [4.78, 5) is 27.9. The number of carbonyl (C=O) groups excluding carboxylic acids is 2. The first-order valence-corrected chi connectivity index (χ1v) is 9.74. The summed E-state index contributed by atoms with van der Waals surface area (Å²) in [5.41, 5.74) is 8.82. The molecule has 0 radical (unpaired) electrons. The Morgan fingerprint density at radius 2 is 1.71 bits per heavy atom. The Morgan fingerprint density at radius 3 is 2.39 bits per heavy atom. The van der Waals surface area contributed by atoms with E-state index in [0.717, 1.165) is 13.1 Å². The van der Waals surface area contributed by atoms with Crippen molar-refractivity contribution in [2.45, 2.75) is 25.8 Å². The number of piperidine rings is 1. The lowest BCUT2D eigenvalue weighted by Gasteiger charge is -2.31. The highest BCUT2D eigenvalue weighted by atomic mass is 16.2. The van der Waals surface area contributed by atoms with Gasteiger partial charge in [-0.1, -0.05) is 18.2 Å².